The van der Waals surface area contributed by atoms with Crippen molar-refractivity contribution in [1.82, 2.24) is 0 Å². The summed E-state index contributed by atoms with van der Waals surface area (Å²) >= 11 is 0. The number of carbonyl (C=O) groups excluding carboxylic acids is 1. The molecule has 4 fully saturated rings. The van der Waals surface area contributed by atoms with Crippen LogP contribution < -0.4 is 0 Å². The highest BCUT2D eigenvalue weighted by Gasteiger charge is 2.61. The summed E-state index contributed by atoms with van der Waals surface area (Å²) in [5.41, 5.74) is 3.68. The van der Waals surface area contributed by atoms with Crippen LogP contribution in [0.1, 0.15) is 97.3 Å². The maximum atomic E-state index is 11.2. The average molecular weight is 355 g/mol. The van der Waals surface area contributed by atoms with E-state index in [0.29, 0.717) is 16.7 Å². The Bertz CT molecular complexity index is 614. The molecule has 0 saturated heterocycles. The molecule has 6 atom stereocenters. The van der Waals surface area contributed by atoms with Crippen LogP contribution in [0.4, 0.5) is 0 Å². The summed E-state index contributed by atoms with van der Waals surface area (Å²) in [7, 11) is 0. The number of allylic oxidation sites excluding steroid dienone is 2. The maximum absolute atomic E-state index is 11.2. The number of hydrogen-bond acceptors (Lipinski definition) is 1. The molecule has 1 spiro atoms. The van der Waals surface area contributed by atoms with E-state index in [-0.39, 0.29) is 0 Å². The Balaban J connectivity index is 1.47. The van der Waals surface area contributed by atoms with Crippen LogP contribution in [0.15, 0.2) is 11.6 Å². The van der Waals surface area contributed by atoms with E-state index in [2.05, 4.69) is 19.9 Å². The molecule has 0 N–H and O–H groups in total. The summed E-state index contributed by atoms with van der Waals surface area (Å²) in [6, 6.07) is 0. The molecular weight excluding hydrogens is 316 g/mol. The Labute approximate surface area is 160 Å². The second-order valence-corrected chi connectivity index (χ2v) is 11.1. The number of carbonyl (C=O) groups is 1. The monoisotopic (exact) mass is 354 g/mol. The van der Waals surface area contributed by atoms with Gasteiger partial charge in [0.25, 0.3) is 0 Å². The van der Waals surface area contributed by atoms with Crippen LogP contribution in [0.5, 0.6) is 0 Å². The minimum Gasteiger partial charge on any atom is -0.303 e. The van der Waals surface area contributed by atoms with Gasteiger partial charge in [-0.15, -0.1) is 0 Å². The highest BCUT2D eigenvalue weighted by molar-refractivity contribution is 5.50. The molecule has 0 bridgehead atoms. The van der Waals surface area contributed by atoms with Gasteiger partial charge in [0.05, 0.1) is 0 Å². The molecule has 0 aromatic rings. The van der Waals surface area contributed by atoms with Crippen LogP contribution in [0.3, 0.4) is 0 Å². The van der Waals surface area contributed by atoms with Crippen molar-refractivity contribution >= 4 is 6.29 Å². The molecule has 0 aliphatic heterocycles. The Hall–Kier alpha value is -0.590. The lowest BCUT2D eigenvalue weighted by Gasteiger charge is -2.59. The Kier molecular flexibility index (Phi) is 4.01. The topological polar surface area (TPSA) is 17.1 Å². The Morgan fingerprint density at radius 3 is 2.62 bits per heavy atom. The van der Waals surface area contributed by atoms with Gasteiger partial charge in [0.15, 0.2) is 0 Å². The fourth-order valence-electron chi connectivity index (χ4n) is 8.73. The molecule has 0 aromatic carbocycles. The van der Waals surface area contributed by atoms with E-state index < -0.39 is 0 Å². The summed E-state index contributed by atoms with van der Waals surface area (Å²) in [5.74, 6) is 3.41. The van der Waals surface area contributed by atoms with Crippen molar-refractivity contribution in [2.75, 3.05) is 0 Å². The van der Waals surface area contributed by atoms with Crippen molar-refractivity contribution in [3.63, 3.8) is 0 Å². The third kappa shape index (κ3) is 2.31. The molecule has 1 nitrogen and oxygen atoms in total. The van der Waals surface area contributed by atoms with E-state index in [4.69, 9.17) is 0 Å². The summed E-state index contributed by atoms with van der Waals surface area (Å²) in [4.78, 5) is 11.2. The predicted molar refractivity (Wildman–Crippen MR) is 107 cm³/mol. The van der Waals surface area contributed by atoms with Gasteiger partial charge in [-0.1, -0.05) is 31.9 Å². The molecule has 5 aliphatic rings. The van der Waals surface area contributed by atoms with Gasteiger partial charge < -0.3 is 4.79 Å². The van der Waals surface area contributed by atoms with E-state index in [9.17, 15) is 4.79 Å². The van der Waals surface area contributed by atoms with Crippen LogP contribution >= 0.6 is 0 Å². The molecule has 5 rings (SSSR count). The van der Waals surface area contributed by atoms with Gasteiger partial charge in [-0.25, -0.2) is 0 Å². The molecular formula is C25H38O. The van der Waals surface area contributed by atoms with Crippen molar-refractivity contribution < 1.29 is 4.79 Å². The predicted octanol–water partition coefficient (Wildman–Crippen LogP) is 6.71. The zero-order valence-electron chi connectivity index (χ0n) is 17.1. The third-order valence-electron chi connectivity index (χ3n) is 10.3. The van der Waals surface area contributed by atoms with Gasteiger partial charge >= 0.3 is 0 Å². The van der Waals surface area contributed by atoms with Gasteiger partial charge in [0.2, 0.25) is 0 Å². The number of rotatable bonds is 4. The molecule has 5 unspecified atom stereocenters. The zero-order valence-corrected chi connectivity index (χ0v) is 17.1. The van der Waals surface area contributed by atoms with E-state index in [0.717, 1.165) is 29.6 Å². The third-order valence-corrected chi connectivity index (χ3v) is 10.3. The summed E-state index contributed by atoms with van der Waals surface area (Å²) in [5, 5.41) is 0. The first-order valence-corrected chi connectivity index (χ1v) is 11.7. The van der Waals surface area contributed by atoms with Crippen LogP contribution in [-0.4, -0.2) is 6.29 Å². The molecule has 1 heteroatoms. The molecule has 26 heavy (non-hydrogen) atoms. The van der Waals surface area contributed by atoms with Crippen molar-refractivity contribution in [3.8, 4) is 0 Å². The van der Waals surface area contributed by atoms with E-state index >= 15 is 0 Å². The number of fused-ring (bicyclic) bond motifs is 5. The lowest BCUT2D eigenvalue weighted by Crippen LogP contribution is -2.51. The van der Waals surface area contributed by atoms with Gasteiger partial charge in [0.1, 0.15) is 6.29 Å². The first kappa shape index (κ1) is 17.5. The van der Waals surface area contributed by atoms with Crippen molar-refractivity contribution in [2.45, 2.75) is 97.3 Å². The highest BCUT2D eigenvalue weighted by Crippen LogP contribution is 2.71. The first-order chi connectivity index (χ1) is 12.6. The van der Waals surface area contributed by atoms with Crippen LogP contribution in [-0.2, 0) is 4.79 Å². The van der Waals surface area contributed by atoms with E-state index in [1.165, 1.54) is 83.3 Å². The van der Waals surface area contributed by atoms with Crippen molar-refractivity contribution in [2.24, 2.45) is 39.9 Å². The van der Waals surface area contributed by atoms with E-state index in [1.807, 2.05) is 5.57 Å². The molecule has 144 valence electrons. The molecule has 5 aliphatic carbocycles. The molecule has 4 saturated carbocycles. The van der Waals surface area contributed by atoms with Gasteiger partial charge in [-0.05, 0) is 111 Å². The van der Waals surface area contributed by atoms with Crippen molar-refractivity contribution in [1.29, 1.82) is 0 Å². The van der Waals surface area contributed by atoms with Gasteiger partial charge in [-0.2, -0.15) is 0 Å². The number of hydrogen-bond donors (Lipinski definition) is 0. The SMILES string of the molecule is CCC[C@]12CCC3(CC3)CC1=CCC1C3CCC(CC=O)C3(C)CCC12. The lowest BCUT2D eigenvalue weighted by molar-refractivity contribution is -0.110. The van der Waals surface area contributed by atoms with Crippen LogP contribution in [0.2, 0.25) is 0 Å². The second-order valence-electron chi connectivity index (χ2n) is 11.1. The molecule has 0 radical (unpaired) electrons. The average Bonchev–Trinajstić information content (AvgIpc) is 3.30. The van der Waals surface area contributed by atoms with E-state index in [1.54, 1.807) is 0 Å². The first-order valence-electron chi connectivity index (χ1n) is 11.7. The lowest BCUT2D eigenvalue weighted by atomic mass is 9.45. The molecule has 0 heterocycles. The van der Waals surface area contributed by atoms with Crippen LogP contribution in [0, 0.1) is 39.9 Å². The van der Waals surface area contributed by atoms with Crippen LogP contribution in [0.25, 0.3) is 0 Å². The highest BCUT2D eigenvalue weighted by atomic mass is 16.1. The summed E-state index contributed by atoms with van der Waals surface area (Å²) in [6.45, 7) is 4.97. The number of aldehydes is 1. The fourth-order valence-corrected chi connectivity index (χ4v) is 8.73. The smallest absolute Gasteiger partial charge is 0.120 e. The summed E-state index contributed by atoms with van der Waals surface area (Å²) in [6.07, 6.45) is 21.9. The Morgan fingerprint density at radius 2 is 1.88 bits per heavy atom. The van der Waals surface area contributed by atoms with Gasteiger partial charge in [-0.3, -0.25) is 0 Å². The molecule has 0 amide bonds. The quantitative estimate of drug-likeness (QED) is 0.405. The largest absolute Gasteiger partial charge is 0.303 e. The molecule has 0 aromatic heterocycles. The van der Waals surface area contributed by atoms with Crippen molar-refractivity contribution in [3.05, 3.63) is 11.6 Å². The Morgan fingerprint density at radius 1 is 1.08 bits per heavy atom. The normalized spacial score (nSPS) is 48.3. The minimum atomic E-state index is 0.452. The standard InChI is InChI=1S/C25H38O/c1-3-10-25-15-14-24(12-13-24)17-19(25)4-6-20-21-7-5-18(9-16-26)23(21,2)11-8-22(20)25/h4,16,18,20-22H,3,5-15,17H2,1-2H3/t18?,20?,21?,22?,23?,25-/m0/s1. The van der Waals surface area contributed by atoms with Gasteiger partial charge in [0, 0.05) is 6.42 Å². The maximum Gasteiger partial charge on any atom is 0.120 e. The minimum absolute atomic E-state index is 0.452. The zero-order chi connectivity index (χ0) is 18.0. The fraction of sp³-hybridized carbons (Fsp3) is 0.880. The second kappa shape index (κ2) is 5.95. The summed E-state index contributed by atoms with van der Waals surface area (Å²) < 4.78 is 0.